The van der Waals surface area contributed by atoms with E-state index < -0.39 is 5.83 Å². The first-order valence-corrected chi connectivity index (χ1v) is 1.90. The third-order valence-corrected chi connectivity index (χ3v) is 0.430. The van der Waals surface area contributed by atoms with Crippen LogP contribution in [0, 0.1) is 0 Å². The summed E-state index contributed by atoms with van der Waals surface area (Å²) in [5, 5.41) is 0. The first kappa shape index (κ1) is 6.34. The maximum atomic E-state index is 11.5. The minimum absolute atomic E-state index is 0.0833. The van der Waals surface area contributed by atoms with Crippen LogP contribution in [0.3, 0.4) is 0 Å². The first-order valence-electron chi connectivity index (χ1n) is 1.90. The number of hydrogen-bond donors (Lipinski definition) is 0. The van der Waals surface area contributed by atoms with Crippen LogP contribution in [-0.2, 0) is 0 Å². The van der Waals surface area contributed by atoms with E-state index >= 15 is 0 Å². The van der Waals surface area contributed by atoms with Gasteiger partial charge in [0.05, 0.1) is 0 Å². The molecule has 7 heavy (non-hydrogen) atoms. The van der Waals surface area contributed by atoms with Gasteiger partial charge in [0, 0.05) is 0 Å². The molecule has 0 bridgehead atoms. The van der Waals surface area contributed by atoms with Crippen LogP contribution in [0.2, 0.25) is 0 Å². The van der Waals surface area contributed by atoms with Crippen molar-refractivity contribution in [1.82, 2.24) is 0 Å². The minimum Gasteiger partial charge on any atom is -0.212 e. The largest absolute Gasteiger partial charge is 0.212 e. The van der Waals surface area contributed by atoms with Crippen LogP contribution in [0.15, 0.2) is 24.3 Å². The Morgan fingerprint density at radius 2 is 2.14 bits per heavy atom. The van der Waals surface area contributed by atoms with Gasteiger partial charge in [-0.15, -0.1) is 0 Å². The number of hydrogen-bond acceptors (Lipinski definition) is 0. The molecular formula is C5H6F2. The molecule has 0 rings (SSSR count). The van der Waals surface area contributed by atoms with Crippen molar-refractivity contribution >= 4 is 0 Å². The number of allylic oxidation sites excluding steroid dienone is 3. The van der Waals surface area contributed by atoms with E-state index in [-0.39, 0.29) is 6.33 Å². The van der Waals surface area contributed by atoms with E-state index in [1.54, 1.807) is 6.92 Å². The van der Waals surface area contributed by atoms with Crippen LogP contribution in [0.4, 0.5) is 8.78 Å². The average molecular weight is 104 g/mol. The molecule has 0 saturated carbocycles. The summed E-state index contributed by atoms with van der Waals surface area (Å²) in [6.07, 6.45) is 2.38. The van der Waals surface area contributed by atoms with Crippen molar-refractivity contribution in [3.05, 3.63) is 24.3 Å². The molecule has 0 aromatic rings. The molecule has 0 nitrogen and oxygen atoms in total. The molecular weight excluding hydrogens is 98.1 g/mol. The van der Waals surface area contributed by atoms with Gasteiger partial charge >= 0.3 is 0 Å². The second-order valence-corrected chi connectivity index (χ2v) is 0.994. The van der Waals surface area contributed by atoms with E-state index in [1.807, 2.05) is 0 Å². The van der Waals surface area contributed by atoms with E-state index in [4.69, 9.17) is 0 Å². The molecule has 0 aromatic heterocycles. The van der Waals surface area contributed by atoms with Crippen molar-refractivity contribution < 1.29 is 8.78 Å². The fourth-order valence-corrected chi connectivity index (χ4v) is 0.196. The van der Waals surface area contributed by atoms with E-state index in [9.17, 15) is 8.78 Å². The summed E-state index contributed by atoms with van der Waals surface area (Å²) in [7, 11) is 0. The summed E-state index contributed by atoms with van der Waals surface area (Å²) < 4.78 is 22.5. The van der Waals surface area contributed by atoms with Gasteiger partial charge in [-0.3, -0.25) is 0 Å². The van der Waals surface area contributed by atoms with Crippen molar-refractivity contribution in [2.75, 3.05) is 0 Å². The molecule has 0 aliphatic rings. The Balaban J connectivity index is 3.58. The summed E-state index contributed by atoms with van der Waals surface area (Å²) in [5.41, 5.74) is 0. The maximum Gasteiger partial charge on any atom is 0.151 e. The molecule has 0 fully saturated rings. The van der Waals surface area contributed by atoms with E-state index in [1.165, 1.54) is 6.08 Å². The van der Waals surface area contributed by atoms with Gasteiger partial charge in [-0.1, -0.05) is 6.08 Å². The summed E-state index contributed by atoms with van der Waals surface area (Å²) in [4.78, 5) is 0. The summed E-state index contributed by atoms with van der Waals surface area (Å²) in [6.45, 7) is 1.61. The normalized spacial score (nSPS) is 13.3. The Labute approximate surface area is 41.2 Å². The van der Waals surface area contributed by atoms with Crippen LogP contribution in [0.5, 0.6) is 0 Å². The highest BCUT2D eigenvalue weighted by molar-refractivity contribution is 5.06. The average Bonchev–Trinajstić information content (AvgIpc) is 1.68. The van der Waals surface area contributed by atoms with Crippen LogP contribution < -0.4 is 0 Å². The highest BCUT2D eigenvalue weighted by atomic mass is 19.2. The number of halogens is 2. The molecule has 0 unspecified atom stereocenters. The zero-order valence-corrected chi connectivity index (χ0v) is 3.99. The molecule has 0 saturated heterocycles. The zero-order chi connectivity index (χ0) is 5.70. The van der Waals surface area contributed by atoms with E-state index in [0.29, 0.717) is 0 Å². The molecule has 40 valence electrons. The SMILES string of the molecule is C/C=C\C(F)=C\F. The summed E-state index contributed by atoms with van der Waals surface area (Å²) >= 11 is 0. The Morgan fingerprint density at radius 1 is 1.57 bits per heavy atom. The summed E-state index contributed by atoms with van der Waals surface area (Å²) in [5.74, 6) is -0.845. The van der Waals surface area contributed by atoms with Crippen LogP contribution >= 0.6 is 0 Å². The predicted molar refractivity (Wildman–Crippen MR) is 25.1 cm³/mol. The van der Waals surface area contributed by atoms with Crippen molar-refractivity contribution in [2.45, 2.75) is 6.92 Å². The molecule has 0 aliphatic carbocycles. The van der Waals surface area contributed by atoms with Gasteiger partial charge < -0.3 is 0 Å². The monoisotopic (exact) mass is 104 g/mol. The van der Waals surface area contributed by atoms with Crippen molar-refractivity contribution in [3.63, 3.8) is 0 Å². The lowest BCUT2D eigenvalue weighted by Gasteiger charge is -1.73. The molecule has 2 heteroatoms. The van der Waals surface area contributed by atoms with Crippen LogP contribution in [-0.4, -0.2) is 0 Å². The fraction of sp³-hybridized carbons (Fsp3) is 0.200. The highest BCUT2D eigenvalue weighted by Gasteiger charge is 1.79. The van der Waals surface area contributed by atoms with Gasteiger partial charge in [0.15, 0.2) is 5.83 Å². The molecule has 0 N–H and O–H groups in total. The standard InChI is InChI=1S/C5H6F2/c1-2-3-5(7)4-6/h2-4H,1H3/b3-2-,5-4-. The summed E-state index contributed by atoms with van der Waals surface area (Å²) in [6, 6.07) is 0. The van der Waals surface area contributed by atoms with Gasteiger partial charge in [0.1, 0.15) is 6.33 Å². The highest BCUT2D eigenvalue weighted by Crippen LogP contribution is 1.96. The smallest absolute Gasteiger partial charge is 0.151 e. The molecule has 0 aromatic carbocycles. The van der Waals surface area contributed by atoms with E-state index in [0.717, 1.165) is 6.08 Å². The van der Waals surface area contributed by atoms with Gasteiger partial charge in [0.25, 0.3) is 0 Å². The quantitative estimate of drug-likeness (QED) is 0.448. The molecule has 0 atom stereocenters. The molecule has 0 radical (unpaired) electrons. The second-order valence-electron chi connectivity index (χ2n) is 0.994. The Bertz CT molecular complexity index is 92.3. The maximum absolute atomic E-state index is 11.5. The van der Waals surface area contributed by atoms with Crippen molar-refractivity contribution in [3.8, 4) is 0 Å². The van der Waals surface area contributed by atoms with Gasteiger partial charge in [0.2, 0.25) is 0 Å². The van der Waals surface area contributed by atoms with Crippen molar-refractivity contribution in [2.24, 2.45) is 0 Å². The van der Waals surface area contributed by atoms with E-state index in [2.05, 4.69) is 0 Å². The minimum atomic E-state index is -0.845. The number of rotatable bonds is 1. The topological polar surface area (TPSA) is 0 Å². The third kappa shape index (κ3) is 3.16. The lowest BCUT2D eigenvalue weighted by molar-refractivity contribution is 0.606. The van der Waals surface area contributed by atoms with Gasteiger partial charge in [-0.05, 0) is 13.0 Å². The first-order chi connectivity index (χ1) is 3.31. The Hall–Kier alpha value is -0.660. The van der Waals surface area contributed by atoms with Crippen LogP contribution in [0.25, 0.3) is 0 Å². The van der Waals surface area contributed by atoms with Gasteiger partial charge in [-0.25, -0.2) is 8.78 Å². The lowest BCUT2D eigenvalue weighted by atomic mass is 10.5. The molecule has 0 aliphatic heterocycles. The Kier molecular flexibility index (Phi) is 3.19. The van der Waals surface area contributed by atoms with Gasteiger partial charge in [-0.2, -0.15) is 0 Å². The second kappa shape index (κ2) is 3.53. The van der Waals surface area contributed by atoms with Crippen LogP contribution in [0.1, 0.15) is 6.92 Å². The lowest BCUT2D eigenvalue weighted by Crippen LogP contribution is -1.55. The molecule has 0 amide bonds. The fourth-order valence-electron chi connectivity index (χ4n) is 0.196. The Morgan fingerprint density at radius 3 is 2.29 bits per heavy atom. The van der Waals surface area contributed by atoms with Crippen molar-refractivity contribution in [1.29, 1.82) is 0 Å². The zero-order valence-electron chi connectivity index (χ0n) is 3.99. The molecule has 0 spiro atoms. The molecule has 0 heterocycles. The predicted octanol–water partition coefficient (Wildman–Crippen LogP) is 2.34. The third-order valence-electron chi connectivity index (χ3n) is 0.430.